The molecule has 47 heavy (non-hydrogen) atoms. The first kappa shape index (κ1) is 28.2. The van der Waals surface area contributed by atoms with E-state index in [0.29, 0.717) is 0 Å². The molecule has 0 unspecified atom stereocenters. The molecule has 9 rings (SSSR count). The minimum Gasteiger partial charge on any atom is -0.376 e. The van der Waals surface area contributed by atoms with Gasteiger partial charge in [-0.15, -0.1) is 0 Å². The summed E-state index contributed by atoms with van der Waals surface area (Å²) in [6, 6.07) is 47.9. The van der Waals surface area contributed by atoms with Crippen molar-refractivity contribution in [1.29, 1.82) is 0 Å². The van der Waals surface area contributed by atoms with Crippen LogP contribution in [0.1, 0.15) is 61.1 Å². The summed E-state index contributed by atoms with van der Waals surface area (Å²) in [6.45, 7) is 14.2. The highest BCUT2D eigenvalue weighted by atomic mass is 15.2. The third kappa shape index (κ3) is 3.80. The molecule has 0 spiro atoms. The Morgan fingerprint density at radius 3 is 1.79 bits per heavy atom. The maximum Gasteiger partial charge on any atom is 0.333 e. The molecule has 0 fully saturated rings. The van der Waals surface area contributed by atoms with E-state index in [1.807, 2.05) is 0 Å². The van der Waals surface area contributed by atoms with E-state index in [4.69, 9.17) is 0 Å². The first-order chi connectivity index (χ1) is 22.7. The van der Waals surface area contributed by atoms with Gasteiger partial charge in [0, 0.05) is 44.8 Å². The Morgan fingerprint density at radius 2 is 1.09 bits per heavy atom. The summed E-state index contributed by atoms with van der Waals surface area (Å²) in [6.07, 6.45) is 0. The normalized spacial score (nSPS) is 16.1. The molecule has 0 radical (unpaired) electrons. The predicted octanol–water partition coefficient (Wildman–Crippen LogP) is 9.98. The first-order valence-corrected chi connectivity index (χ1v) is 16.9. The van der Waals surface area contributed by atoms with Crippen LogP contribution in [-0.2, 0) is 10.8 Å². The van der Waals surface area contributed by atoms with Crippen LogP contribution >= 0.6 is 0 Å². The van der Waals surface area contributed by atoms with E-state index in [9.17, 15) is 0 Å². The number of hydrogen-bond donors (Lipinski definition) is 0. The molecule has 0 N–H and O–H groups in total. The maximum atomic E-state index is 2.66. The fourth-order valence-electron chi connectivity index (χ4n) is 8.95. The number of benzene rings is 6. The zero-order chi connectivity index (χ0) is 32.2. The first-order valence-electron chi connectivity index (χ1n) is 16.9. The van der Waals surface area contributed by atoms with Crippen LogP contribution in [0.5, 0.6) is 0 Å². The average molecular weight is 607 g/mol. The standard InChI is InChI=1S/C44H39BN2/c1-28-24-32-31-26-35-36(44(5,6)34-20-12-11-19-33(34)43(35,3)4)27-40(31)47(38-22-14-10-16-29(38)2)45-37-21-13-15-23-39(37)46(41(25-28)42(32)45)30-17-8-7-9-18-30/h7-27H,1-6H3. The van der Waals surface area contributed by atoms with E-state index >= 15 is 0 Å². The smallest absolute Gasteiger partial charge is 0.333 e. The minimum absolute atomic E-state index is 0.0235. The Bertz CT molecular complexity index is 2250. The van der Waals surface area contributed by atoms with Crippen molar-refractivity contribution in [1.82, 2.24) is 0 Å². The number of hydrogen-bond acceptors (Lipinski definition) is 2. The van der Waals surface area contributed by atoms with Gasteiger partial charge in [-0.2, -0.15) is 0 Å². The summed E-state index contributed by atoms with van der Waals surface area (Å²) in [5.74, 6) is 0. The molecule has 0 saturated carbocycles. The summed E-state index contributed by atoms with van der Waals surface area (Å²) in [4.78, 5) is 5.15. The van der Waals surface area contributed by atoms with Crippen LogP contribution in [0.2, 0.25) is 0 Å². The van der Waals surface area contributed by atoms with Gasteiger partial charge in [-0.3, -0.25) is 0 Å². The molecular weight excluding hydrogens is 567 g/mol. The van der Waals surface area contributed by atoms with E-state index in [2.05, 4.69) is 179 Å². The van der Waals surface area contributed by atoms with Gasteiger partial charge in [-0.25, -0.2) is 0 Å². The molecule has 6 aromatic rings. The summed E-state index contributed by atoms with van der Waals surface area (Å²) in [7, 11) is 0. The van der Waals surface area contributed by atoms with Crippen molar-refractivity contribution < 1.29 is 0 Å². The van der Waals surface area contributed by atoms with Crippen LogP contribution in [0.15, 0.2) is 127 Å². The van der Waals surface area contributed by atoms with Crippen molar-refractivity contribution in [2.75, 3.05) is 9.71 Å². The molecule has 3 aliphatic rings. The molecule has 0 amide bonds. The second-order valence-corrected chi connectivity index (χ2v) is 14.7. The number of nitrogens with zero attached hydrogens (tertiary/aromatic N) is 2. The summed E-state index contributed by atoms with van der Waals surface area (Å²) in [5.41, 5.74) is 19.6. The van der Waals surface area contributed by atoms with E-state index < -0.39 is 0 Å². The molecule has 0 bridgehead atoms. The molecule has 6 aromatic carbocycles. The Hall–Kier alpha value is -5.02. The number of anilines is 5. The maximum absolute atomic E-state index is 2.66. The van der Waals surface area contributed by atoms with Gasteiger partial charge in [0.2, 0.25) is 0 Å². The van der Waals surface area contributed by atoms with Gasteiger partial charge in [0.1, 0.15) is 0 Å². The van der Waals surface area contributed by atoms with Crippen molar-refractivity contribution in [3.05, 3.63) is 161 Å². The van der Waals surface area contributed by atoms with E-state index in [0.717, 1.165) is 0 Å². The van der Waals surface area contributed by atoms with E-state index in [-0.39, 0.29) is 17.7 Å². The van der Waals surface area contributed by atoms with Crippen molar-refractivity contribution in [2.24, 2.45) is 0 Å². The highest BCUT2D eigenvalue weighted by Gasteiger charge is 2.48. The summed E-state index contributed by atoms with van der Waals surface area (Å²) in [5, 5.41) is 0. The molecule has 2 aliphatic heterocycles. The SMILES string of the molecule is Cc1cc2c3c(c1)N(c1ccccc1)c1ccccc1B3N(c1ccccc1C)c1cc3c(cc1-2)C(C)(C)c1ccccc1C3(C)C. The Balaban J connectivity index is 1.43. The van der Waals surface area contributed by atoms with Crippen LogP contribution in [0.3, 0.4) is 0 Å². The quantitative estimate of drug-likeness (QED) is 0.181. The van der Waals surface area contributed by atoms with Gasteiger partial charge in [0.15, 0.2) is 0 Å². The lowest BCUT2D eigenvalue weighted by Gasteiger charge is -2.49. The lowest BCUT2D eigenvalue weighted by atomic mass is 9.43. The molecule has 228 valence electrons. The average Bonchev–Trinajstić information content (AvgIpc) is 3.08. The van der Waals surface area contributed by atoms with Crippen molar-refractivity contribution in [3.63, 3.8) is 0 Å². The number of rotatable bonds is 2. The van der Waals surface area contributed by atoms with Gasteiger partial charge in [-0.1, -0.05) is 113 Å². The third-order valence-corrected chi connectivity index (χ3v) is 11.2. The molecular formula is C44H39BN2. The molecule has 0 aromatic heterocycles. The van der Waals surface area contributed by atoms with Crippen molar-refractivity contribution >= 4 is 46.2 Å². The van der Waals surface area contributed by atoms with E-state index in [1.54, 1.807) is 0 Å². The van der Waals surface area contributed by atoms with E-state index in [1.165, 1.54) is 83.9 Å². The third-order valence-electron chi connectivity index (χ3n) is 11.2. The highest BCUT2D eigenvalue weighted by Crippen LogP contribution is 2.55. The largest absolute Gasteiger partial charge is 0.376 e. The molecule has 2 nitrogen and oxygen atoms in total. The van der Waals surface area contributed by atoms with Gasteiger partial charge < -0.3 is 9.71 Å². The van der Waals surface area contributed by atoms with Crippen molar-refractivity contribution in [2.45, 2.75) is 52.4 Å². The second kappa shape index (κ2) is 9.75. The monoisotopic (exact) mass is 606 g/mol. The van der Waals surface area contributed by atoms with Crippen LogP contribution in [0, 0.1) is 13.8 Å². The molecule has 3 heteroatoms. The Kier molecular flexibility index (Phi) is 5.85. The number of para-hydroxylation sites is 3. The summed E-state index contributed by atoms with van der Waals surface area (Å²) < 4.78 is 0. The summed E-state index contributed by atoms with van der Waals surface area (Å²) >= 11 is 0. The fourth-order valence-corrected chi connectivity index (χ4v) is 8.95. The minimum atomic E-state index is -0.138. The molecule has 1 aliphatic carbocycles. The topological polar surface area (TPSA) is 6.48 Å². The zero-order valence-electron chi connectivity index (χ0n) is 28.1. The molecule has 2 heterocycles. The highest BCUT2D eigenvalue weighted by molar-refractivity contribution is 6.93. The number of fused-ring (bicyclic) bond motifs is 6. The second-order valence-electron chi connectivity index (χ2n) is 14.7. The Morgan fingerprint density at radius 1 is 0.489 bits per heavy atom. The van der Waals surface area contributed by atoms with Gasteiger partial charge in [0.25, 0.3) is 0 Å². The fraction of sp³-hybridized carbons (Fsp3) is 0.182. The number of aryl methyl sites for hydroxylation is 2. The lowest BCUT2D eigenvalue weighted by molar-refractivity contribution is 0.521. The van der Waals surface area contributed by atoms with Crippen molar-refractivity contribution in [3.8, 4) is 11.1 Å². The predicted molar refractivity (Wildman–Crippen MR) is 200 cm³/mol. The van der Waals surface area contributed by atoms with Crippen LogP contribution < -0.4 is 20.6 Å². The van der Waals surface area contributed by atoms with Crippen LogP contribution in [0.25, 0.3) is 11.1 Å². The van der Waals surface area contributed by atoms with Gasteiger partial charge >= 0.3 is 6.85 Å². The zero-order valence-corrected chi connectivity index (χ0v) is 28.1. The van der Waals surface area contributed by atoms with Gasteiger partial charge in [0.05, 0.1) is 0 Å². The molecule has 0 atom stereocenters. The van der Waals surface area contributed by atoms with Gasteiger partial charge in [-0.05, 0) is 106 Å². The lowest BCUT2D eigenvalue weighted by Crippen LogP contribution is -2.61. The Labute approximate surface area is 279 Å². The van der Waals surface area contributed by atoms with Crippen LogP contribution in [-0.4, -0.2) is 6.85 Å². The van der Waals surface area contributed by atoms with Crippen LogP contribution in [0.4, 0.5) is 28.4 Å². The molecule has 0 saturated heterocycles.